The van der Waals surface area contributed by atoms with E-state index in [2.05, 4.69) is 15.7 Å². The number of imide groups is 1. The zero-order valence-electron chi connectivity index (χ0n) is 14.5. The van der Waals surface area contributed by atoms with Gasteiger partial charge in [0.25, 0.3) is 0 Å². The fraction of sp³-hybridized carbons (Fsp3) is 0.389. The molecule has 2 heterocycles. The molecule has 0 spiro atoms. The standard InChI is InChI=1S/C18H23N5O2/c1-3-18(4-2)15(22-13-19-10-11-21-22)23(16(18)24)17(25)20-12-14-8-6-5-7-9-14/h5-11,13,15,21H,3-4,12H2,1-2H3,(H,20,25). The Morgan fingerprint density at radius 2 is 2.00 bits per heavy atom. The molecule has 7 nitrogen and oxygen atoms in total. The van der Waals surface area contributed by atoms with Crippen LogP contribution in [0.3, 0.4) is 0 Å². The molecule has 1 saturated heterocycles. The van der Waals surface area contributed by atoms with E-state index >= 15 is 0 Å². The molecule has 132 valence electrons. The lowest BCUT2D eigenvalue weighted by Crippen LogP contribution is -2.77. The Kier molecular flexibility index (Phi) is 4.74. The summed E-state index contributed by atoms with van der Waals surface area (Å²) in [5.41, 5.74) is 3.45. The second-order valence-electron chi connectivity index (χ2n) is 6.17. The Balaban J connectivity index is 1.76. The molecular formula is C18H23N5O2. The summed E-state index contributed by atoms with van der Waals surface area (Å²) in [4.78, 5) is 30.8. The molecule has 1 fully saturated rings. The minimum Gasteiger partial charge on any atom is -0.333 e. The lowest BCUT2D eigenvalue weighted by atomic mass is 9.70. The van der Waals surface area contributed by atoms with E-state index in [1.54, 1.807) is 23.7 Å². The van der Waals surface area contributed by atoms with Crippen molar-refractivity contribution in [3.8, 4) is 0 Å². The van der Waals surface area contributed by atoms with Crippen LogP contribution in [-0.4, -0.2) is 34.4 Å². The van der Waals surface area contributed by atoms with E-state index in [4.69, 9.17) is 0 Å². The van der Waals surface area contributed by atoms with Crippen molar-refractivity contribution in [2.75, 3.05) is 0 Å². The summed E-state index contributed by atoms with van der Waals surface area (Å²) >= 11 is 0. The van der Waals surface area contributed by atoms with Crippen molar-refractivity contribution >= 4 is 18.3 Å². The first kappa shape index (κ1) is 17.0. The van der Waals surface area contributed by atoms with Crippen molar-refractivity contribution in [3.05, 3.63) is 48.3 Å². The average molecular weight is 341 g/mol. The molecule has 2 aliphatic rings. The maximum absolute atomic E-state index is 12.8. The van der Waals surface area contributed by atoms with Crippen LogP contribution in [0.5, 0.6) is 0 Å². The number of nitrogens with one attached hydrogen (secondary N) is 2. The van der Waals surface area contributed by atoms with E-state index in [-0.39, 0.29) is 11.9 Å². The van der Waals surface area contributed by atoms with E-state index < -0.39 is 11.6 Å². The topological polar surface area (TPSA) is 77.0 Å². The third-order valence-corrected chi connectivity index (χ3v) is 4.99. The predicted molar refractivity (Wildman–Crippen MR) is 94.9 cm³/mol. The van der Waals surface area contributed by atoms with E-state index in [9.17, 15) is 9.59 Å². The van der Waals surface area contributed by atoms with Crippen molar-refractivity contribution in [2.24, 2.45) is 10.4 Å². The molecule has 0 bridgehead atoms. The summed E-state index contributed by atoms with van der Waals surface area (Å²) in [6.07, 6.45) is 5.82. The molecule has 0 aliphatic carbocycles. The van der Waals surface area contributed by atoms with Crippen LogP contribution < -0.4 is 10.7 Å². The minimum atomic E-state index is -0.589. The van der Waals surface area contributed by atoms with Crippen LogP contribution in [0.15, 0.2) is 47.7 Å². The normalized spacial score (nSPS) is 20.9. The molecule has 7 heteroatoms. The van der Waals surface area contributed by atoms with Gasteiger partial charge in [-0.05, 0) is 18.4 Å². The highest BCUT2D eigenvalue weighted by Gasteiger charge is 2.63. The highest BCUT2D eigenvalue weighted by Crippen LogP contribution is 2.46. The molecule has 1 aromatic rings. The quantitative estimate of drug-likeness (QED) is 0.805. The maximum atomic E-state index is 12.8. The van der Waals surface area contributed by atoms with Gasteiger partial charge < -0.3 is 10.7 Å². The monoisotopic (exact) mass is 341 g/mol. The molecule has 2 N–H and O–H groups in total. The zero-order valence-corrected chi connectivity index (χ0v) is 14.5. The van der Waals surface area contributed by atoms with Gasteiger partial charge in [-0.1, -0.05) is 44.2 Å². The number of aliphatic imine (C=N–C) groups is 1. The Labute approximate surface area is 147 Å². The molecule has 0 radical (unpaired) electrons. The molecule has 3 rings (SSSR count). The average Bonchev–Trinajstić information content (AvgIpc) is 2.67. The van der Waals surface area contributed by atoms with E-state index in [0.717, 1.165) is 5.56 Å². The summed E-state index contributed by atoms with van der Waals surface area (Å²) in [7, 11) is 0. The second-order valence-corrected chi connectivity index (χ2v) is 6.17. The van der Waals surface area contributed by atoms with Gasteiger partial charge in [0, 0.05) is 18.9 Å². The summed E-state index contributed by atoms with van der Waals surface area (Å²) in [6.45, 7) is 4.33. The van der Waals surface area contributed by atoms with Gasteiger partial charge in [0.15, 0.2) is 0 Å². The van der Waals surface area contributed by atoms with Crippen LogP contribution >= 0.6 is 0 Å². The number of urea groups is 1. The Morgan fingerprint density at radius 3 is 2.60 bits per heavy atom. The van der Waals surface area contributed by atoms with Gasteiger partial charge in [-0.25, -0.2) is 14.7 Å². The second kappa shape index (κ2) is 6.96. The van der Waals surface area contributed by atoms with Gasteiger partial charge >= 0.3 is 6.03 Å². The number of benzene rings is 1. The highest BCUT2D eigenvalue weighted by atomic mass is 16.2. The van der Waals surface area contributed by atoms with Gasteiger partial charge in [0.2, 0.25) is 5.91 Å². The van der Waals surface area contributed by atoms with Gasteiger partial charge in [-0.2, -0.15) is 0 Å². The number of carbonyl (C=O) groups excluding carboxylic acids is 2. The Morgan fingerprint density at radius 1 is 1.28 bits per heavy atom. The first-order valence-electron chi connectivity index (χ1n) is 8.52. The zero-order chi connectivity index (χ0) is 17.9. The Bertz CT molecular complexity index is 697. The van der Waals surface area contributed by atoms with Crippen molar-refractivity contribution in [1.29, 1.82) is 0 Å². The van der Waals surface area contributed by atoms with Crippen LogP contribution in [0.25, 0.3) is 0 Å². The first-order chi connectivity index (χ1) is 12.1. The third kappa shape index (κ3) is 2.86. The van der Waals surface area contributed by atoms with Crippen LogP contribution in [-0.2, 0) is 11.3 Å². The SMILES string of the molecule is CCC1(CC)C(=O)N(C(=O)NCc2ccccc2)C1N1C=NC=CN1. The largest absolute Gasteiger partial charge is 0.333 e. The number of rotatable bonds is 5. The van der Waals surface area contributed by atoms with Gasteiger partial charge in [0.05, 0.1) is 5.41 Å². The fourth-order valence-electron chi connectivity index (χ4n) is 3.45. The van der Waals surface area contributed by atoms with Gasteiger partial charge in [0.1, 0.15) is 12.5 Å². The number of amides is 3. The number of β-lactam (4-membered cyclic amide) rings is 1. The Hall–Kier alpha value is -2.83. The fourth-order valence-corrected chi connectivity index (χ4v) is 3.45. The van der Waals surface area contributed by atoms with Gasteiger partial charge in [-0.15, -0.1) is 0 Å². The van der Waals surface area contributed by atoms with Crippen LogP contribution in [0.4, 0.5) is 4.79 Å². The van der Waals surface area contributed by atoms with Crippen LogP contribution in [0, 0.1) is 5.41 Å². The third-order valence-electron chi connectivity index (χ3n) is 4.99. The van der Waals surface area contributed by atoms with Crippen LogP contribution in [0.2, 0.25) is 0 Å². The molecule has 0 aromatic heterocycles. The molecule has 0 saturated carbocycles. The summed E-state index contributed by atoms with van der Waals surface area (Å²) in [6, 6.07) is 9.23. The van der Waals surface area contributed by atoms with E-state index in [1.807, 2.05) is 44.2 Å². The maximum Gasteiger partial charge on any atom is 0.326 e. The number of hydrogen-bond acceptors (Lipinski definition) is 5. The number of likely N-dealkylation sites (tertiary alicyclic amines) is 1. The predicted octanol–water partition coefficient (Wildman–Crippen LogP) is 2.19. The molecule has 1 aromatic carbocycles. The summed E-state index contributed by atoms with van der Waals surface area (Å²) < 4.78 is 0. The first-order valence-corrected chi connectivity index (χ1v) is 8.52. The number of hydrogen-bond donors (Lipinski definition) is 2. The number of hydrazine groups is 1. The summed E-state index contributed by atoms with van der Waals surface area (Å²) in [5, 5.41) is 4.55. The number of carbonyl (C=O) groups is 2. The summed E-state index contributed by atoms with van der Waals surface area (Å²) in [5.74, 6) is -0.141. The van der Waals surface area contributed by atoms with Crippen molar-refractivity contribution < 1.29 is 9.59 Å². The lowest BCUT2D eigenvalue weighted by molar-refractivity contribution is -0.180. The van der Waals surface area contributed by atoms with Gasteiger partial charge in [-0.3, -0.25) is 9.80 Å². The molecule has 1 unspecified atom stereocenters. The lowest BCUT2D eigenvalue weighted by Gasteiger charge is -2.57. The molecule has 1 atom stereocenters. The van der Waals surface area contributed by atoms with Crippen molar-refractivity contribution in [2.45, 2.75) is 39.4 Å². The minimum absolute atomic E-state index is 0.141. The van der Waals surface area contributed by atoms with E-state index in [1.165, 1.54) is 4.90 Å². The molecular weight excluding hydrogens is 318 g/mol. The molecule has 2 aliphatic heterocycles. The van der Waals surface area contributed by atoms with Crippen molar-refractivity contribution in [1.82, 2.24) is 20.7 Å². The molecule has 3 amide bonds. The smallest absolute Gasteiger partial charge is 0.326 e. The number of nitrogens with zero attached hydrogens (tertiary/aromatic N) is 3. The highest BCUT2D eigenvalue weighted by molar-refractivity contribution is 6.04. The molecule has 25 heavy (non-hydrogen) atoms. The van der Waals surface area contributed by atoms with Crippen molar-refractivity contribution in [3.63, 3.8) is 0 Å². The van der Waals surface area contributed by atoms with E-state index in [0.29, 0.717) is 19.4 Å². The van der Waals surface area contributed by atoms with Crippen LogP contribution in [0.1, 0.15) is 32.3 Å².